The first kappa shape index (κ1) is 42.9. The molecule has 0 radical (unpaired) electrons. The number of fused-ring (bicyclic) bond motifs is 7. The van der Waals surface area contributed by atoms with Gasteiger partial charge in [0.25, 0.3) is 0 Å². The molecule has 2 atom stereocenters. The molecule has 2 aliphatic heterocycles. The van der Waals surface area contributed by atoms with Crippen molar-refractivity contribution in [2.24, 2.45) is 0 Å². The zero-order valence-corrected chi connectivity index (χ0v) is 40.5. The second-order valence-electron chi connectivity index (χ2n) is 22.1. The highest BCUT2D eigenvalue weighted by Crippen LogP contribution is 2.76. The van der Waals surface area contributed by atoms with Crippen LogP contribution in [0.5, 0.6) is 11.5 Å². The van der Waals surface area contributed by atoms with Gasteiger partial charge in [-0.2, -0.15) is 9.18 Å². The average Bonchev–Trinajstić information content (AvgIpc) is 3.78. The fourth-order valence-corrected chi connectivity index (χ4v) is 10.2. The predicted octanol–water partition coefficient (Wildman–Crippen LogP) is 16.9. The van der Waals surface area contributed by atoms with Crippen molar-refractivity contribution < 1.29 is 4.74 Å². The van der Waals surface area contributed by atoms with Crippen LogP contribution in [0.1, 0.15) is 118 Å². The smallest absolute Gasteiger partial charge is 0.225 e. The molecular weight excluding hydrogens is 793 g/mol. The number of hydrogen-bond donors (Lipinski definition) is 0. The minimum Gasteiger partial charge on any atom is -0.457 e. The lowest BCUT2D eigenvalue weighted by Gasteiger charge is -2.42. The van der Waals surface area contributed by atoms with Crippen LogP contribution in [-0.4, -0.2) is 9.55 Å². The van der Waals surface area contributed by atoms with Crippen LogP contribution in [0, 0.1) is 6.67 Å². The Bertz CT molecular complexity index is 3150. The summed E-state index contributed by atoms with van der Waals surface area (Å²) in [7, 11) is 0. The summed E-state index contributed by atoms with van der Waals surface area (Å²) in [5.74, 6) is 2.53. The molecule has 0 N–H and O–H groups in total. The number of nitrogens with zero attached hydrogens (tertiary/aromatic N) is 4. The fraction of sp³-hybridized carbons (Fsp3) is 0.300. The highest BCUT2D eigenvalue weighted by atomic mass is 16.5. The number of benzene rings is 6. The third kappa shape index (κ3) is 6.76. The van der Waals surface area contributed by atoms with E-state index in [0.29, 0.717) is 9.18 Å². The van der Waals surface area contributed by atoms with Gasteiger partial charge in [0.2, 0.25) is 11.4 Å². The fourth-order valence-electron chi connectivity index (χ4n) is 10.2. The molecule has 330 valence electrons. The molecule has 1 fully saturated rings. The molecule has 10 rings (SSSR count). The summed E-state index contributed by atoms with van der Waals surface area (Å²) in [6, 6.07) is 52.1. The molecule has 0 spiro atoms. The van der Waals surface area contributed by atoms with Gasteiger partial charge < -0.3 is 4.74 Å². The summed E-state index contributed by atoms with van der Waals surface area (Å²) in [5, 5.41) is 2.37. The summed E-state index contributed by atoms with van der Waals surface area (Å²) in [5.41, 5.74) is 14.9. The Morgan fingerprint density at radius 1 is 0.492 bits per heavy atom. The molecule has 8 aromatic rings. The Labute approximate surface area is 387 Å². The Morgan fingerprint density at radius 3 is 1.82 bits per heavy atom. The highest BCUT2D eigenvalue weighted by Gasteiger charge is 2.78. The largest absolute Gasteiger partial charge is 0.457 e. The molecule has 0 amide bonds. The molecule has 0 bridgehead atoms. The molecule has 2 aliphatic rings. The molecule has 5 nitrogen and oxygen atoms in total. The Hall–Kier alpha value is -6.01. The van der Waals surface area contributed by atoms with Crippen LogP contribution < -0.4 is 13.9 Å². The average molecular weight is 858 g/mol. The molecule has 2 aromatic heterocycles. The maximum atomic E-state index is 7.11. The van der Waals surface area contributed by atoms with E-state index in [1.807, 2.05) is 6.20 Å². The normalized spacial score (nSPS) is 18.3. The van der Waals surface area contributed by atoms with Gasteiger partial charge in [-0.05, 0) is 104 Å². The van der Waals surface area contributed by atoms with Gasteiger partial charge in [0, 0.05) is 59.4 Å². The van der Waals surface area contributed by atoms with Gasteiger partial charge in [-0.25, -0.2) is 4.98 Å². The third-order valence-electron chi connectivity index (χ3n) is 14.9. The van der Waals surface area contributed by atoms with E-state index >= 15 is 0 Å². The number of quaternary nitrogens is 2. The van der Waals surface area contributed by atoms with Crippen LogP contribution >= 0.6 is 0 Å². The summed E-state index contributed by atoms with van der Waals surface area (Å²) in [6.45, 7) is 30.3. The van der Waals surface area contributed by atoms with Crippen LogP contribution in [-0.2, 0) is 21.7 Å². The number of pyridine rings is 1. The number of para-hydroxylation sites is 1. The molecule has 6 aromatic carbocycles. The topological polar surface area (TPSA) is 27.1 Å². The summed E-state index contributed by atoms with van der Waals surface area (Å²) < 4.78 is 10.6. The molecule has 0 saturated carbocycles. The number of ether oxygens (including phenoxy) is 1. The van der Waals surface area contributed by atoms with E-state index in [9.17, 15) is 0 Å². The zero-order chi connectivity index (χ0) is 45.9. The molecule has 5 heteroatoms. The van der Waals surface area contributed by atoms with Crippen molar-refractivity contribution in [3.05, 3.63) is 175 Å². The third-order valence-corrected chi connectivity index (χ3v) is 14.9. The van der Waals surface area contributed by atoms with Crippen LogP contribution in [0.4, 0.5) is 22.7 Å². The highest BCUT2D eigenvalue weighted by molar-refractivity contribution is 6.09. The molecule has 1 unspecified atom stereocenters. The second-order valence-corrected chi connectivity index (χ2v) is 22.1. The lowest BCUT2D eigenvalue weighted by Crippen LogP contribution is -2.47. The van der Waals surface area contributed by atoms with Gasteiger partial charge in [-0.3, -0.25) is 4.57 Å². The minimum atomic E-state index is -0.132. The number of aromatic nitrogens is 2. The first-order chi connectivity index (χ1) is 30.8. The van der Waals surface area contributed by atoms with E-state index in [-0.39, 0.29) is 21.7 Å². The van der Waals surface area contributed by atoms with Crippen molar-refractivity contribution in [3.8, 4) is 28.4 Å². The lowest BCUT2D eigenvalue weighted by molar-refractivity contribution is 0.411. The van der Waals surface area contributed by atoms with E-state index in [0.717, 1.165) is 41.2 Å². The lowest BCUT2D eigenvalue weighted by atomic mass is 9.77. The molecular formula is C60H65N4O+. The van der Waals surface area contributed by atoms with Crippen molar-refractivity contribution in [3.63, 3.8) is 0 Å². The van der Waals surface area contributed by atoms with Crippen LogP contribution in [0.15, 0.2) is 146 Å². The maximum absolute atomic E-state index is 7.11. The van der Waals surface area contributed by atoms with Crippen molar-refractivity contribution in [2.45, 2.75) is 118 Å². The minimum absolute atomic E-state index is 0.0117. The van der Waals surface area contributed by atoms with E-state index in [1.165, 1.54) is 66.9 Å². The van der Waals surface area contributed by atoms with Crippen molar-refractivity contribution in [2.75, 3.05) is 0 Å². The van der Waals surface area contributed by atoms with Crippen LogP contribution in [0.2, 0.25) is 0 Å². The van der Waals surface area contributed by atoms with Gasteiger partial charge in [0.15, 0.2) is 18.0 Å². The standard InChI is InChI=1S/C60H65N4O/c1-13-60(12,14-2)43-24-27-54-55(35-43)64(46-31-41(40-20-16-15-17-21-40)30-44(32-46)58(6,7)8)39-63(54,64)47-33-45(59(9,10)11)34-49(37-47)65-48-25-26-51-50-22-18-19-23-52(50)62(53(51)38-48)56-36-42(28-29-61-56)57(3,4)5/h15-39H,13-14H2,1-12H3/q+1/t63?,64-/m0/s1. The van der Waals surface area contributed by atoms with E-state index in [1.54, 1.807) is 0 Å². The van der Waals surface area contributed by atoms with E-state index < -0.39 is 0 Å². The van der Waals surface area contributed by atoms with Crippen LogP contribution in [0.3, 0.4) is 0 Å². The van der Waals surface area contributed by atoms with E-state index in [2.05, 4.69) is 234 Å². The first-order valence-electron chi connectivity index (χ1n) is 23.7. The summed E-state index contributed by atoms with van der Waals surface area (Å²) in [4.78, 5) is 4.94. The predicted molar refractivity (Wildman–Crippen MR) is 275 cm³/mol. The SMILES string of the molecule is CCC(C)(CC)c1ccc2c(c1)[N@@+]1(c3cc(-c4ccccc4)cc(C(C)(C)C)c3)[CH-][N+]21c1cc(Oc2ccc3c4ccccc4n(-c4cc(C(C)(C)C)ccn4)c3c2)cc(C(C)(C)C)c1. The van der Waals surface area contributed by atoms with Gasteiger partial charge in [0.1, 0.15) is 17.3 Å². The molecule has 1 saturated heterocycles. The quantitative estimate of drug-likeness (QED) is 0.0821. The molecule has 4 heterocycles. The maximum Gasteiger partial charge on any atom is 0.225 e. The Morgan fingerprint density at radius 2 is 1.12 bits per heavy atom. The van der Waals surface area contributed by atoms with Crippen molar-refractivity contribution in [1.29, 1.82) is 0 Å². The first-order valence-corrected chi connectivity index (χ1v) is 23.7. The Kier molecular flexibility index (Phi) is 9.74. The van der Waals surface area contributed by atoms with Crippen molar-refractivity contribution in [1.82, 2.24) is 18.7 Å². The van der Waals surface area contributed by atoms with E-state index in [4.69, 9.17) is 9.72 Å². The van der Waals surface area contributed by atoms with Gasteiger partial charge in [-0.1, -0.05) is 144 Å². The molecule has 65 heavy (non-hydrogen) atoms. The second kappa shape index (κ2) is 14.8. The summed E-state index contributed by atoms with van der Waals surface area (Å²) in [6.07, 6.45) is 4.11. The van der Waals surface area contributed by atoms with Gasteiger partial charge >= 0.3 is 0 Å². The zero-order valence-electron chi connectivity index (χ0n) is 40.5. The van der Waals surface area contributed by atoms with Crippen LogP contribution in [0.25, 0.3) is 38.8 Å². The molecule has 0 aliphatic carbocycles. The Balaban J connectivity index is 1.15. The monoisotopic (exact) mass is 858 g/mol. The van der Waals surface area contributed by atoms with Gasteiger partial charge in [0.05, 0.1) is 11.0 Å². The number of hydrogen-bond acceptors (Lipinski definition) is 2. The summed E-state index contributed by atoms with van der Waals surface area (Å²) >= 11 is 0. The van der Waals surface area contributed by atoms with Crippen molar-refractivity contribution >= 4 is 44.6 Å². The number of rotatable bonds is 9. The van der Waals surface area contributed by atoms with Gasteiger partial charge in [-0.15, -0.1) is 0 Å².